The normalized spacial score (nSPS) is 19.7. The summed E-state index contributed by atoms with van der Waals surface area (Å²) in [5.74, 6) is -0.863. The molecule has 2 fully saturated rings. The average molecular weight is 380 g/mol. The fourth-order valence-corrected chi connectivity index (χ4v) is 5.11. The zero-order chi connectivity index (χ0) is 18.7. The van der Waals surface area contributed by atoms with Crippen LogP contribution in [0.2, 0.25) is 0 Å². The number of sulfonamides is 1. The second kappa shape index (κ2) is 7.75. The van der Waals surface area contributed by atoms with Crippen molar-refractivity contribution in [2.45, 2.75) is 37.0 Å². The van der Waals surface area contributed by atoms with E-state index in [-0.39, 0.29) is 35.4 Å². The quantitative estimate of drug-likeness (QED) is 0.782. The van der Waals surface area contributed by atoms with E-state index in [0.29, 0.717) is 25.3 Å². The van der Waals surface area contributed by atoms with E-state index in [0.717, 1.165) is 0 Å². The van der Waals surface area contributed by atoms with Gasteiger partial charge in [-0.3, -0.25) is 4.79 Å². The topological polar surface area (TPSA) is 104 Å². The molecular weight excluding hydrogens is 356 g/mol. The Morgan fingerprint density at radius 3 is 2.35 bits per heavy atom. The van der Waals surface area contributed by atoms with Crippen molar-refractivity contribution < 1.29 is 23.1 Å². The first-order valence-electron chi connectivity index (χ1n) is 9.00. The van der Waals surface area contributed by atoms with Gasteiger partial charge in [-0.15, -0.1) is 0 Å². The number of hydrogen-bond donors (Lipinski definition) is 2. The Bertz CT molecular complexity index is 781. The second-order valence-electron chi connectivity index (χ2n) is 7.02. The minimum absolute atomic E-state index is 0.000107. The number of carboxylic acids is 1. The second-order valence-corrected chi connectivity index (χ2v) is 8.93. The minimum atomic E-state index is -3.89. The van der Waals surface area contributed by atoms with Crippen LogP contribution in [-0.4, -0.2) is 49.3 Å². The van der Waals surface area contributed by atoms with Gasteiger partial charge in [0.2, 0.25) is 15.9 Å². The van der Waals surface area contributed by atoms with Crippen LogP contribution in [0.15, 0.2) is 29.2 Å². The monoisotopic (exact) mass is 380 g/mol. The van der Waals surface area contributed by atoms with Crippen molar-refractivity contribution in [1.29, 1.82) is 0 Å². The smallest absolute Gasteiger partial charge is 0.337 e. The van der Waals surface area contributed by atoms with Crippen molar-refractivity contribution in [3.8, 4) is 0 Å². The Morgan fingerprint density at radius 2 is 1.77 bits per heavy atom. The first-order chi connectivity index (χ1) is 12.4. The summed E-state index contributed by atoms with van der Waals surface area (Å²) in [6, 6.07) is 5.62. The zero-order valence-corrected chi connectivity index (χ0v) is 15.4. The number of nitrogens with zero attached hydrogens (tertiary/aromatic N) is 1. The summed E-state index contributed by atoms with van der Waals surface area (Å²) in [7, 11) is -3.89. The zero-order valence-electron chi connectivity index (χ0n) is 14.6. The van der Waals surface area contributed by atoms with Gasteiger partial charge in [0.15, 0.2) is 0 Å². The lowest BCUT2D eigenvalue weighted by atomic mass is 9.85. The molecule has 142 valence electrons. The molecule has 7 nitrogen and oxygen atoms in total. The highest BCUT2D eigenvalue weighted by Gasteiger charge is 2.34. The molecule has 1 saturated carbocycles. The highest BCUT2D eigenvalue weighted by Crippen LogP contribution is 2.27. The van der Waals surface area contributed by atoms with E-state index >= 15 is 0 Å². The molecule has 1 aliphatic heterocycles. The Hall–Kier alpha value is -1.93. The predicted octanol–water partition coefficient (Wildman–Crippen LogP) is 1.70. The maximum absolute atomic E-state index is 12.8. The molecule has 8 heteroatoms. The van der Waals surface area contributed by atoms with Crippen LogP contribution in [0, 0.1) is 11.8 Å². The van der Waals surface area contributed by atoms with Crippen molar-refractivity contribution in [1.82, 2.24) is 9.62 Å². The Labute approximate surface area is 153 Å². The van der Waals surface area contributed by atoms with Crippen molar-refractivity contribution in [2.24, 2.45) is 11.8 Å². The van der Waals surface area contributed by atoms with Gasteiger partial charge in [-0.05, 0) is 43.7 Å². The molecular formula is C18H24N2O5S. The van der Waals surface area contributed by atoms with Crippen LogP contribution in [0.1, 0.15) is 42.5 Å². The highest BCUT2D eigenvalue weighted by molar-refractivity contribution is 7.89. The van der Waals surface area contributed by atoms with Gasteiger partial charge in [-0.2, -0.15) is 4.31 Å². The van der Waals surface area contributed by atoms with E-state index < -0.39 is 16.0 Å². The number of carbonyl (C=O) groups excluding carboxylic acids is 1. The minimum Gasteiger partial charge on any atom is -0.478 e. The van der Waals surface area contributed by atoms with Crippen molar-refractivity contribution in [3.05, 3.63) is 29.8 Å². The molecule has 3 rings (SSSR count). The number of nitrogens with one attached hydrogen (secondary N) is 1. The third kappa shape index (κ3) is 3.91. The van der Waals surface area contributed by atoms with Gasteiger partial charge < -0.3 is 10.4 Å². The standard InChI is InChI=1S/C18H24N2O5S/c21-17(19-12-13-4-3-5-13)14-8-10-20(11-9-14)26(24,25)16-7-2-1-6-15(16)18(22)23/h1-2,6-7,13-14H,3-5,8-12H2,(H,19,21)(H,22,23). The van der Waals surface area contributed by atoms with E-state index in [1.54, 1.807) is 0 Å². The molecule has 0 spiro atoms. The average Bonchev–Trinajstić information content (AvgIpc) is 2.60. The van der Waals surface area contributed by atoms with Crippen molar-refractivity contribution in [2.75, 3.05) is 19.6 Å². The van der Waals surface area contributed by atoms with Gasteiger partial charge in [-0.25, -0.2) is 13.2 Å². The van der Waals surface area contributed by atoms with Gasteiger partial charge >= 0.3 is 5.97 Å². The largest absolute Gasteiger partial charge is 0.478 e. The van der Waals surface area contributed by atoms with Crippen LogP contribution in [0.3, 0.4) is 0 Å². The summed E-state index contributed by atoms with van der Waals surface area (Å²) in [6.07, 6.45) is 4.46. The van der Waals surface area contributed by atoms with E-state index in [9.17, 15) is 23.1 Å². The molecule has 2 N–H and O–H groups in total. The highest BCUT2D eigenvalue weighted by atomic mass is 32.2. The molecule has 0 atom stereocenters. The summed E-state index contributed by atoms with van der Waals surface area (Å²) >= 11 is 0. The summed E-state index contributed by atoms with van der Waals surface area (Å²) in [4.78, 5) is 23.4. The lowest BCUT2D eigenvalue weighted by molar-refractivity contribution is -0.126. The summed E-state index contributed by atoms with van der Waals surface area (Å²) < 4.78 is 26.9. The van der Waals surface area contributed by atoms with E-state index in [4.69, 9.17) is 0 Å². The van der Waals surface area contributed by atoms with E-state index in [1.807, 2.05) is 0 Å². The lowest BCUT2D eigenvalue weighted by Gasteiger charge is -2.32. The molecule has 1 aromatic carbocycles. The van der Waals surface area contributed by atoms with Gasteiger partial charge in [0.25, 0.3) is 0 Å². The molecule has 1 aliphatic carbocycles. The predicted molar refractivity (Wildman–Crippen MR) is 95.2 cm³/mol. The van der Waals surface area contributed by atoms with Crippen LogP contribution < -0.4 is 5.32 Å². The molecule has 1 saturated heterocycles. The van der Waals surface area contributed by atoms with Gasteiger partial charge in [-0.1, -0.05) is 18.6 Å². The molecule has 0 aromatic heterocycles. The third-order valence-corrected chi connectivity index (χ3v) is 7.31. The maximum atomic E-state index is 12.8. The first kappa shape index (κ1) is 18.8. The molecule has 0 unspecified atom stereocenters. The number of rotatable bonds is 6. The molecule has 1 heterocycles. The molecule has 1 amide bonds. The molecule has 2 aliphatic rings. The number of benzene rings is 1. The molecule has 26 heavy (non-hydrogen) atoms. The van der Waals surface area contributed by atoms with E-state index in [2.05, 4.69) is 5.32 Å². The van der Waals surface area contributed by atoms with Crippen LogP contribution in [0.5, 0.6) is 0 Å². The number of carboxylic acid groups (broad SMARTS) is 1. The Kier molecular flexibility index (Phi) is 5.62. The number of piperidine rings is 1. The molecule has 0 bridgehead atoms. The first-order valence-corrected chi connectivity index (χ1v) is 10.4. The van der Waals surface area contributed by atoms with Crippen LogP contribution in [-0.2, 0) is 14.8 Å². The van der Waals surface area contributed by atoms with Crippen LogP contribution >= 0.6 is 0 Å². The Balaban J connectivity index is 1.62. The molecule has 0 radical (unpaired) electrons. The maximum Gasteiger partial charge on any atom is 0.337 e. The van der Waals surface area contributed by atoms with Crippen molar-refractivity contribution >= 4 is 21.9 Å². The number of amides is 1. The number of aromatic carboxylic acids is 1. The third-order valence-electron chi connectivity index (χ3n) is 5.35. The fraction of sp³-hybridized carbons (Fsp3) is 0.556. The van der Waals surface area contributed by atoms with Gasteiger partial charge in [0, 0.05) is 25.6 Å². The number of carbonyl (C=O) groups is 2. The fourth-order valence-electron chi connectivity index (χ4n) is 3.45. The van der Waals surface area contributed by atoms with Crippen LogP contribution in [0.25, 0.3) is 0 Å². The Morgan fingerprint density at radius 1 is 1.12 bits per heavy atom. The van der Waals surface area contributed by atoms with E-state index in [1.165, 1.54) is 47.8 Å². The van der Waals surface area contributed by atoms with Gasteiger partial charge in [0.1, 0.15) is 0 Å². The lowest BCUT2D eigenvalue weighted by Crippen LogP contribution is -2.44. The van der Waals surface area contributed by atoms with Crippen molar-refractivity contribution in [3.63, 3.8) is 0 Å². The summed E-state index contributed by atoms with van der Waals surface area (Å²) in [5.41, 5.74) is -0.229. The summed E-state index contributed by atoms with van der Waals surface area (Å²) in [6.45, 7) is 1.15. The van der Waals surface area contributed by atoms with Gasteiger partial charge in [0.05, 0.1) is 10.5 Å². The SMILES string of the molecule is O=C(O)c1ccccc1S(=O)(=O)N1CCC(C(=O)NCC2CCC2)CC1. The van der Waals surface area contributed by atoms with Crippen LogP contribution in [0.4, 0.5) is 0 Å². The number of hydrogen-bond acceptors (Lipinski definition) is 4. The molecule has 1 aromatic rings. The summed E-state index contributed by atoms with van der Waals surface area (Å²) in [5, 5.41) is 12.2.